The molecule has 0 radical (unpaired) electrons. The van der Waals surface area contributed by atoms with Crippen molar-refractivity contribution in [3.05, 3.63) is 12.2 Å². The molecule has 0 spiro atoms. The van der Waals surface area contributed by atoms with Crippen molar-refractivity contribution in [3.8, 4) is 0 Å². The quantitative estimate of drug-likeness (QED) is 0.340. The first-order valence-electron chi connectivity index (χ1n) is 8.90. The normalized spacial score (nSPS) is 14.2. The van der Waals surface area contributed by atoms with Crippen LogP contribution in [0.5, 0.6) is 0 Å². The molecule has 130 valence electrons. The van der Waals surface area contributed by atoms with Gasteiger partial charge < -0.3 is 15.5 Å². The van der Waals surface area contributed by atoms with Crippen molar-refractivity contribution >= 4 is 5.91 Å². The molecule has 0 aliphatic carbocycles. The first kappa shape index (κ1) is 21.1. The number of carbonyl (C=O) groups is 1. The standard InChI is InChI=1S/C18H35NO3/c1-3-5-6-7-8-9-10-11-12-14-17(21)16(15-20)19-18(22)13-4-2/h12,14,16-17,20-21H,3-11,13,15H2,1-2H3,(H,19,22)/b14-12+/t16-,17+/m0/s1. The lowest BCUT2D eigenvalue weighted by Gasteiger charge is -2.19. The summed E-state index contributed by atoms with van der Waals surface area (Å²) in [5.74, 6) is -0.124. The Labute approximate surface area is 136 Å². The minimum absolute atomic E-state index is 0.124. The lowest BCUT2D eigenvalue weighted by atomic mass is 10.1. The summed E-state index contributed by atoms with van der Waals surface area (Å²) in [7, 11) is 0. The van der Waals surface area contributed by atoms with Crippen molar-refractivity contribution in [1.82, 2.24) is 5.32 Å². The summed E-state index contributed by atoms with van der Waals surface area (Å²) < 4.78 is 0. The number of aliphatic hydroxyl groups excluding tert-OH is 2. The van der Waals surface area contributed by atoms with Crippen LogP contribution in [0.4, 0.5) is 0 Å². The molecule has 1 amide bonds. The summed E-state index contributed by atoms with van der Waals surface area (Å²) in [6, 6.07) is -0.607. The lowest BCUT2D eigenvalue weighted by Crippen LogP contribution is -2.45. The van der Waals surface area contributed by atoms with E-state index in [0.29, 0.717) is 6.42 Å². The van der Waals surface area contributed by atoms with Crippen molar-refractivity contribution in [2.75, 3.05) is 6.61 Å². The van der Waals surface area contributed by atoms with Crippen LogP contribution >= 0.6 is 0 Å². The number of amides is 1. The Hall–Kier alpha value is -0.870. The monoisotopic (exact) mass is 313 g/mol. The van der Waals surface area contributed by atoms with Crippen LogP contribution in [0, 0.1) is 0 Å². The second-order valence-corrected chi connectivity index (χ2v) is 5.94. The first-order chi connectivity index (χ1) is 10.7. The largest absolute Gasteiger partial charge is 0.394 e. The lowest BCUT2D eigenvalue weighted by molar-refractivity contribution is -0.122. The van der Waals surface area contributed by atoms with Gasteiger partial charge in [-0.05, 0) is 19.3 Å². The molecule has 4 nitrogen and oxygen atoms in total. The molecule has 0 rings (SSSR count). The van der Waals surface area contributed by atoms with Crippen molar-refractivity contribution in [2.45, 2.75) is 90.2 Å². The highest BCUT2D eigenvalue weighted by molar-refractivity contribution is 5.76. The summed E-state index contributed by atoms with van der Waals surface area (Å²) >= 11 is 0. The number of aliphatic hydroxyl groups is 2. The second kappa shape index (κ2) is 15.0. The highest BCUT2D eigenvalue weighted by atomic mass is 16.3. The molecule has 0 heterocycles. The van der Waals surface area contributed by atoms with Crippen molar-refractivity contribution in [3.63, 3.8) is 0 Å². The van der Waals surface area contributed by atoms with E-state index < -0.39 is 12.1 Å². The number of nitrogens with one attached hydrogen (secondary N) is 1. The van der Waals surface area contributed by atoms with Crippen LogP contribution in [0.25, 0.3) is 0 Å². The molecule has 0 saturated carbocycles. The minimum atomic E-state index is -0.824. The Kier molecular flexibility index (Phi) is 14.4. The molecule has 0 aliphatic heterocycles. The van der Waals surface area contributed by atoms with E-state index in [1.807, 2.05) is 13.0 Å². The van der Waals surface area contributed by atoms with Gasteiger partial charge in [-0.3, -0.25) is 4.79 Å². The fraction of sp³-hybridized carbons (Fsp3) is 0.833. The molecular formula is C18H35NO3. The Bertz CT molecular complexity index is 292. The smallest absolute Gasteiger partial charge is 0.220 e. The van der Waals surface area contributed by atoms with Gasteiger partial charge in [0.25, 0.3) is 0 Å². The van der Waals surface area contributed by atoms with E-state index in [4.69, 9.17) is 0 Å². The molecule has 0 bridgehead atoms. The molecule has 0 unspecified atom stereocenters. The third-order valence-corrected chi connectivity index (χ3v) is 3.74. The first-order valence-corrected chi connectivity index (χ1v) is 8.90. The molecule has 2 atom stereocenters. The van der Waals surface area contributed by atoms with Crippen LogP contribution < -0.4 is 5.32 Å². The molecule has 0 aromatic carbocycles. The maximum atomic E-state index is 11.5. The van der Waals surface area contributed by atoms with E-state index in [-0.39, 0.29) is 12.5 Å². The number of rotatable bonds is 14. The van der Waals surface area contributed by atoms with Crippen molar-refractivity contribution in [1.29, 1.82) is 0 Å². The van der Waals surface area contributed by atoms with Gasteiger partial charge in [-0.25, -0.2) is 0 Å². The summed E-state index contributed by atoms with van der Waals surface area (Å²) in [4.78, 5) is 11.5. The van der Waals surface area contributed by atoms with Crippen molar-refractivity contribution < 1.29 is 15.0 Å². The molecule has 0 aromatic rings. The molecule has 0 fully saturated rings. The third kappa shape index (κ3) is 11.8. The highest BCUT2D eigenvalue weighted by Crippen LogP contribution is 2.09. The zero-order chi connectivity index (χ0) is 16.6. The SMILES string of the molecule is CCCCCCCCC/C=C/[C@@H](O)[C@H](CO)NC(=O)CCC. The van der Waals surface area contributed by atoms with E-state index in [2.05, 4.69) is 12.2 Å². The molecule has 0 aliphatic rings. The van der Waals surface area contributed by atoms with E-state index in [0.717, 1.165) is 19.3 Å². The van der Waals surface area contributed by atoms with Gasteiger partial charge in [0.15, 0.2) is 0 Å². The highest BCUT2D eigenvalue weighted by Gasteiger charge is 2.17. The summed E-state index contributed by atoms with van der Waals surface area (Å²) in [5.41, 5.74) is 0. The maximum Gasteiger partial charge on any atom is 0.220 e. The minimum Gasteiger partial charge on any atom is -0.394 e. The topological polar surface area (TPSA) is 69.6 Å². The number of carbonyl (C=O) groups excluding carboxylic acids is 1. The van der Waals surface area contributed by atoms with Crippen molar-refractivity contribution in [2.24, 2.45) is 0 Å². The molecule has 22 heavy (non-hydrogen) atoms. The van der Waals surface area contributed by atoms with Crippen LogP contribution in [0.2, 0.25) is 0 Å². The summed E-state index contributed by atoms with van der Waals surface area (Å²) in [6.07, 6.45) is 13.8. The maximum absolute atomic E-state index is 11.5. The van der Waals surface area contributed by atoms with Gasteiger partial charge in [-0.15, -0.1) is 0 Å². The second-order valence-electron chi connectivity index (χ2n) is 5.94. The predicted octanol–water partition coefficient (Wildman–Crippen LogP) is 3.32. The van der Waals surface area contributed by atoms with Gasteiger partial charge in [0.05, 0.1) is 18.8 Å². The average Bonchev–Trinajstić information content (AvgIpc) is 2.51. The molecule has 0 saturated heterocycles. The third-order valence-electron chi connectivity index (χ3n) is 3.74. The Morgan fingerprint density at radius 1 is 1.05 bits per heavy atom. The summed E-state index contributed by atoms with van der Waals surface area (Å²) in [6.45, 7) is 3.89. The summed E-state index contributed by atoms with van der Waals surface area (Å²) in [5, 5.41) is 21.9. The van der Waals surface area contributed by atoms with E-state index in [1.54, 1.807) is 6.08 Å². The number of hydrogen-bond donors (Lipinski definition) is 3. The number of allylic oxidation sites excluding steroid dienone is 1. The molecule has 0 aromatic heterocycles. The van der Waals surface area contributed by atoms with Gasteiger partial charge in [0.1, 0.15) is 0 Å². The average molecular weight is 313 g/mol. The van der Waals surface area contributed by atoms with Crippen LogP contribution in [-0.2, 0) is 4.79 Å². The van der Waals surface area contributed by atoms with E-state index in [9.17, 15) is 15.0 Å². The van der Waals surface area contributed by atoms with Crippen LogP contribution in [0.15, 0.2) is 12.2 Å². The Balaban J connectivity index is 3.78. The fourth-order valence-electron chi connectivity index (χ4n) is 2.33. The van der Waals surface area contributed by atoms with Crippen LogP contribution in [0.1, 0.15) is 78.1 Å². The van der Waals surface area contributed by atoms with Gasteiger partial charge in [0.2, 0.25) is 5.91 Å². The number of hydrogen-bond acceptors (Lipinski definition) is 3. The van der Waals surface area contributed by atoms with Gasteiger partial charge in [-0.1, -0.05) is 64.5 Å². The predicted molar refractivity (Wildman–Crippen MR) is 91.7 cm³/mol. The van der Waals surface area contributed by atoms with Gasteiger partial charge >= 0.3 is 0 Å². The molecule has 4 heteroatoms. The fourth-order valence-corrected chi connectivity index (χ4v) is 2.33. The zero-order valence-electron chi connectivity index (χ0n) is 14.4. The zero-order valence-corrected chi connectivity index (χ0v) is 14.4. The van der Waals surface area contributed by atoms with E-state index >= 15 is 0 Å². The number of unbranched alkanes of at least 4 members (excludes halogenated alkanes) is 7. The molecule has 3 N–H and O–H groups in total. The van der Waals surface area contributed by atoms with Crippen LogP contribution in [-0.4, -0.2) is 34.9 Å². The van der Waals surface area contributed by atoms with Gasteiger partial charge in [-0.2, -0.15) is 0 Å². The molecular weight excluding hydrogens is 278 g/mol. The Morgan fingerprint density at radius 2 is 1.68 bits per heavy atom. The van der Waals surface area contributed by atoms with Crippen LogP contribution in [0.3, 0.4) is 0 Å². The van der Waals surface area contributed by atoms with E-state index in [1.165, 1.54) is 38.5 Å². The van der Waals surface area contributed by atoms with Gasteiger partial charge in [0, 0.05) is 6.42 Å². The Morgan fingerprint density at radius 3 is 2.27 bits per heavy atom.